The molecule has 0 radical (unpaired) electrons. The number of carboxylic acids is 1. The van der Waals surface area contributed by atoms with E-state index in [-0.39, 0.29) is 23.4 Å². The number of aryl methyl sites for hydroxylation is 2. The first-order valence-corrected chi connectivity index (χ1v) is 11.8. The van der Waals surface area contributed by atoms with Crippen molar-refractivity contribution in [1.29, 1.82) is 0 Å². The number of rotatable bonds is 8. The Labute approximate surface area is 193 Å². The van der Waals surface area contributed by atoms with Crippen LogP contribution in [-0.2, 0) is 21.4 Å². The van der Waals surface area contributed by atoms with Crippen molar-refractivity contribution in [2.75, 3.05) is 6.61 Å². The van der Waals surface area contributed by atoms with Crippen LogP contribution in [0.1, 0.15) is 70.1 Å². The van der Waals surface area contributed by atoms with Crippen molar-refractivity contribution in [3.05, 3.63) is 70.3 Å². The van der Waals surface area contributed by atoms with Crippen LogP contribution in [0.2, 0.25) is 0 Å². The number of benzene rings is 1. The molecule has 1 N–H and O–H groups in total. The molecule has 1 saturated heterocycles. The van der Waals surface area contributed by atoms with Gasteiger partial charge < -0.3 is 9.84 Å². The molecule has 0 bridgehead atoms. The average Bonchev–Trinajstić information content (AvgIpc) is 3.57. The summed E-state index contributed by atoms with van der Waals surface area (Å²) in [6, 6.07) is 6.57. The summed E-state index contributed by atoms with van der Waals surface area (Å²) in [6.45, 7) is 11.6. The van der Waals surface area contributed by atoms with Gasteiger partial charge in [-0.15, -0.1) is 0 Å². The first-order chi connectivity index (χ1) is 15.3. The van der Waals surface area contributed by atoms with Crippen molar-refractivity contribution >= 4 is 5.97 Å². The van der Waals surface area contributed by atoms with Crippen LogP contribution in [0, 0.1) is 24.7 Å². The normalized spacial score (nSPS) is 22.3. The van der Waals surface area contributed by atoms with Gasteiger partial charge in [-0.2, -0.15) is 0 Å². The maximum absolute atomic E-state index is 11.0. The predicted octanol–water partition coefficient (Wildman–Crippen LogP) is 6.31. The predicted molar refractivity (Wildman–Crippen MR) is 131 cm³/mol. The van der Waals surface area contributed by atoms with E-state index in [4.69, 9.17) is 9.84 Å². The fourth-order valence-electron chi connectivity index (χ4n) is 4.69. The smallest absolute Gasteiger partial charge is 0.303 e. The molecule has 2 atom stereocenters. The molecule has 1 fully saturated rings. The number of aliphatic carboxylic acids is 1. The first-order valence-electron chi connectivity index (χ1n) is 11.8. The fourth-order valence-corrected chi connectivity index (χ4v) is 4.69. The summed E-state index contributed by atoms with van der Waals surface area (Å²) in [7, 11) is 0. The van der Waals surface area contributed by atoms with Gasteiger partial charge in [-0.05, 0) is 61.8 Å². The second-order valence-electron chi connectivity index (χ2n) is 9.13. The van der Waals surface area contributed by atoms with Crippen molar-refractivity contribution in [3.8, 4) is 11.8 Å². The van der Waals surface area contributed by atoms with Crippen LogP contribution in [0.4, 0.5) is 0 Å². The molecule has 2 aliphatic rings. The van der Waals surface area contributed by atoms with Crippen LogP contribution in [0.15, 0.2) is 53.6 Å². The van der Waals surface area contributed by atoms with Gasteiger partial charge in [0.15, 0.2) is 5.60 Å². The van der Waals surface area contributed by atoms with E-state index in [1.807, 2.05) is 0 Å². The minimum absolute atomic E-state index is 0.0860. The minimum Gasteiger partial charge on any atom is -0.481 e. The minimum atomic E-state index is -0.753. The summed E-state index contributed by atoms with van der Waals surface area (Å²) in [5.74, 6) is 6.10. The van der Waals surface area contributed by atoms with E-state index in [1.165, 1.54) is 22.3 Å². The van der Waals surface area contributed by atoms with Gasteiger partial charge in [0.05, 0.1) is 12.5 Å². The maximum Gasteiger partial charge on any atom is 0.303 e. The molecule has 1 aromatic rings. The maximum atomic E-state index is 11.0. The van der Waals surface area contributed by atoms with Gasteiger partial charge in [-0.1, -0.05) is 80.7 Å². The Morgan fingerprint density at radius 2 is 1.97 bits per heavy atom. The van der Waals surface area contributed by atoms with Gasteiger partial charge in [0.1, 0.15) is 0 Å². The van der Waals surface area contributed by atoms with E-state index in [2.05, 4.69) is 89.0 Å². The number of epoxide rings is 1. The standard InChI is InChI=1S/C29H36O3/c1-6-28(20-32-28)16-15-23-9-12-25(18-21(4)17-23)29(7-2,8-3)26-13-10-24(22(5)19-26)11-14-27(30)31/h9-10,12-13,17-19,23H,6-8,11,14,20H2,1-5H3,(H,30,31). The highest BCUT2D eigenvalue weighted by Crippen LogP contribution is 2.42. The Kier molecular flexibility index (Phi) is 7.47. The SMILES string of the molecule is CCC1(C#CC2C=CC(C(CC)(CC)c3ccc(CCC(=O)O)c(C)c3)=CC(C)=C2)CO1. The van der Waals surface area contributed by atoms with E-state index >= 15 is 0 Å². The highest BCUT2D eigenvalue weighted by Gasteiger charge is 2.41. The van der Waals surface area contributed by atoms with Crippen LogP contribution >= 0.6 is 0 Å². The quantitative estimate of drug-likeness (QED) is 0.387. The number of ether oxygens (including phenoxy) is 1. The molecule has 32 heavy (non-hydrogen) atoms. The fraction of sp³-hybridized carbons (Fsp3) is 0.483. The molecule has 1 aromatic carbocycles. The molecule has 0 aromatic heterocycles. The lowest BCUT2D eigenvalue weighted by Gasteiger charge is -2.35. The van der Waals surface area contributed by atoms with E-state index in [1.54, 1.807) is 0 Å². The molecule has 2 unspecified atom stereocenters. The highest BCUT2D eigenvalue weighted by atomic mass is 16.6. The van der Waals surface area contributed by atoms with Gasteiger partial charge >= 0.3 is 5.97 Å². The summed E-state index contributed by atoms with van der Waals surface area (Å²) < 4.78 is 5.55. The molecular formula is C29H36O3. The van der Waals surface area contributed by atoms with Gasteiger partial charge in [0.25, 0.3) is 0 Å². The Balaban J connectivity index is 1.92. The molecule has 1 aliphatic heterocycles. The summed E-state index contributed by atoms with van der Waals surface area (Å²) >= 11 is 0. The van der Waals surface area contributed by atoms with Gasteiger partial charge in [0.2, 0.25) is 0 Å². The lowest BCUT2D eigenvalue weighted by atomic mass is 9.69. The van der Waals surface area contributed by atoms with Crippen LogP contribution in [-0.4, -0.2) is 23.3 Å². The molecule has 0 amide bonds. The third-order valence-electron chi connectivity index (χ3n) is 7.10. The second-order valence-corrected chi connectivity index (χ2v) is 9.13. The third-order valence-corrected chi connectivity index (χ3v) is 7.10. The van der Waals surface area contributed by atoms with E-state index in [0.717, 1.165) is 31.4 Å². The Bertz CT molecular complexity index is 1000. The Morgan fingerprint density at radius 1 is 1.25 bits per heavy atom. The molecular weight excluding hydrogens is 396 g/mol. The molecule has 0 saturated carbocycles. The number of carboxylic acid groups (broad SMARTS) is 1. The summed E-state index contributed by atoms with van der Waals surface area (Å²) in [6.07, 6.45) is 12.7. The molecule has 3 nitrogen and oxygen atoms in total. The van der Waals surface area contributed by atoms with Crippen LogP contribution < -0.4 is 0 Å². The van der Waals surface area contributed by atoms with Crippen molar-refractivity contribution < 1.29 is 14.6 Å². The zero-order valence-electron chi connectivity index (χ0n) is 20.1. The van der Waals surface area contributed by atoms with Gasteiger partial charge in [-0.25, -0.2) is 0 Å². The second kappa shape index (κ2) is 9.92. The summed E-state index contributed by atoms with van der Waals surface area (Å²) in [5.41, 5.74) is 5.81. The molecule has 1 heterocycles. The summed E-state index contributed by atoms with van der Waals surface area (Å²) in [4.78, 5) is 11.0. The van der Waals surface area contributed by atoms with E-state index in [9.17, 15) is 4.79 Å². The van der Waals surface area contributed by atoms with Crippen LogP contribution in [0.25, 0.3) is 0 Å². The first kappa shape index (κ1) is 24.1. The van der Waals surface area contributed by atoms with Crippen LogP contribution in [0.5, 0.6) is 0 Å². The largest absolute Gasteiger partial charge is 0.481 e. The molecule has 1 aliphatic carbocycles. The van der Waals surface area contributed by atoms with Crippen molar-refractivity contribution in [1.82, 2.24) is 0 Å². The zero-order valence-corrected chi connectivity index (χ0v) is 20.1. The Hall–Kier alpha value is -2.57. The number of carbonyl (C=O) groups is 1. The Morgan fingerprint density at radius 3 is 2.53 bits per heavy atom. The summed E-state index contributed by atoms with van der Waals surface area (Å²) in [5, 5.41) is 9.03. The third kappa shape index (κ3) is 5.25. The monoisotopic (exact) mass is 432 g/mol. The molecule has 170 valence electrons. The zero-order chi connectivity index (χ0) is 23.4. The average molecular weight is 433 g/mol. The topological polar surface area (TPSA) is 49.8 Å². The number of allylic oxidation sites excluding steroid dienone is 6. The van der Waals surface area contributed by atoms with Gasteiger partial charge in [-0.3, -0.25) is 4.79 Å². The van der Waals surface area contributed by atoms with Crippen LogP contribution in [0.3, 0.4) is 0 Å². The number of hydrogen-bond acceptors (Lipinski definition) is 2. The van der Waals surface area contributed by atoms with E-state index < -0.39 is 5.97 Å². The van der Waals surface area contributed by atoms with Gasteiger partial charge in [0, 0.05) is 11.8 Å². The highest BCUT2D eigenvalue weighted by molar-refractivity contribution is 5.67. The van der Waals surface area contributed by atoms with Crippen molar-refractivity contribution in [2.45, 2.75) is 77.7 Å². The lowest BCUT2D eigenvalue weighted by molar-refractivity contribution is -0.136. The van der Waals surface area contributed by atoms with Crippen molar-refractivity contribution in [2.24, 2.45) is 5.92 Å². The molecule has 3 rings (SSSR count). The molecule has 3 heteroatoms. The number of hydrogen-bond donors (Lipinski definition) is 1. The lowest BCUT2D eigenvalue weighted by Crippen LogP contribution is -2.27. The molecule has 0 spiro atoms. The van der Waals surface area contributed by atoms with E-state index in [0.29, 0.717) is 6.42 Å². The van der Waals surface area contributed by atoms with Crippen molar-refractivity contribution in [3.63, 3.8) is 0 Å².